The van der Waals surface area contributed by atoms with Crippen LogP contribution in [-0.4, -0.2) is 74.4 Å². The Balaban J connectivity index is 1.70. The van der Waals surface area contributed by atoms with Gasteiger partial charge in [0, 0.05) is 18.7 Å². The molecular formula is C19H28N2O3. The minimum absolute atomic E-state index is 0.00955. The molecule has 0 aromatic heterocycles. The summed E-state index contributed by atoms with van der Waals surface area (Å²) < 4.78 is 12.0. The van der Waals surface area contributed by atoms with E-state index in [9.17, 15) is 4.79 Å². The molecular weight excluding hydrogens is 304 g/mol. The quantitative estimate of drug-likeness (QED) is 0.826. The van der Waals surface area contributed by atoms with Crippen LogP contribution in [0.15, 0.2) is 24.3 Å². The number of aryl methyl sites for hydroxylation is 1. The van der Waals surface area contributed by atoms with Crippen molar-refractivity contribution in [2.75, 3.05) is 40.4 Å². The summed E-state index contributed by atoms with van der Waals surface area (Å²) in [5, 5.41) is 0. The average Bonchev–Trinajstić information content (AvgIpc) is 2.94. The zero-order valence-corrected chi connectivity index (χ0v) is 14.9. The lowest BCUT2D eigenvalue weighted by atomic mass is 10.0. The van der Waals surface area contributed by atoms with Gasteiger partial charge in [-0.2, -0.15) is 0 Å². The lowest BCUT2D eigenvalue weighted by Gasteiger charge is -2.32. The number of likely N-dealkylation sites (tertiary alicyclic amines) is 1. The number of carbonyl (C=O) groups excluding carboxylic acids is 1. The molecule has 132 valence electrons. The second-order valence-electron chi connectivity index (χ2n) is 7.08. The van der Waals surface area contributed by atoms with E-state index in [0.717, 1.165) is 37.1 Å². The van der Waals surface area contributed by atoms with Crippen LogP contribution in [0.3, 0.4) is 0 Å². The summed E-state index contributed by atoms with van der Waals surface area (Å²) in [6.07, 6.45) is 1.99. The van der Waals surface area contributed by atoms with Crippen LogP contribution < -0.4 is 0 Å². The highest BCUT2D eigenvalue weighted by Crippen LogP contribution is 2.31. The molecule has 2 aliphatic heterocycles. The Labute approximate surface area is 144 Å². The number of likely N-dealkylation sites (N-methyl/N-ethyl adjacent to an activating group) is 1. The number of fused-ring (bicyclic) bond motifs is 1. The molecule has 0 aliphatic carbocycles. The fraction of sp³-hybridized carbons (Fsp3) is 0.632. The van der Waals surface area contributed by atoms with Gasteiger partial charge in [0.1, 0.15) is 12.2 Å². The van der Waals surface area contributed by atoms with E-state index in [0.29, 0.717) is 13.2 Å². The summed E-state index contributed by atoms with van der Waals surface area (Å²) in [5.41, 5.74) is 1.91. The molecule has 0 bridgehead atoms. The van der Waals surface area contributed by atoms with Gasteiger partial charge in [-0.15, -0.1) is 0 Å². The molecule has 3 atom stereocenters. The van der Waals surface area contributed by atoms with Gasteiger partial charge < -0.3 is 19.3 Å². The highest BCUT2D eigenvalue weighted by molar-refractivity contribution is 5.94. The molecule has 2 heterocycles. The third-order valence-corrected chi connectivity index (χ3v) is 4.91. The van der Waals surface area contributed by atoms with Crippen molar-refractivity contribution in [1.82, 2.24) is 9.80 Å². The fourth-order valence-corrected chi connectivity index (χ4v) is 3.54. The maximum atomic E-state index is 12.9. The predicted octanol–water partition coefficient (Wildman–Crippen LogP) is 1.95. The van der Waals surface area contributed by atoms with Crippen molar-refractivity contribution >= 4 is 5.91 Å². The van der Waals surface area contributed by atoms with Crippen LogP contribution >= 0.6 is 0 Å². The second kappa shape index (κ2) is 7.64. The molecule has 3 rings (SSSR count). The van der Waals surface area contributed by atoms with Crippen molar-refractivity contribution in [3.8, 4) is 0 Å². The van der Waals surface area contributed by atoms with Gasteiger partial charge in [0.15, 0.2) is 0 Å². The number of amides is 1. The molecule has 24 heavy (non-hydrogen) atoms. The Morgan fingerprint density at radius 2 is 2.08 bits per heavy atom. The molecule has 1 amide bonds. The van der Waals surface area contributed by atoms with Crippen LogP contribution in [-0.2, 0) is 9.47 Å². The maximum absolute atomic E-state index is 12.9. The zero-order chi connectivity index (χ0) is 17.1. The van der Waals surface area contributed by atoms with E-state index in [4.69, 9.17) is 9.47 Å². The van der Waals surface area contributed by atoms with Crippen molar-refractivity contribution < 1.29 is 14.3 Å². The van der Waals surface area contributed by atoms with Gasteiger partial charge in [-0.3, -0.25) is 4.79 Å². The molecule has 2 fully saturated rings. The standard InChI is InChI=1S/C19H28N2O3/c1-14-6-8-15(9-7-14)19(22)21-13-17(23-12-10-20(2)3)18-16(21)5-4-11-24-18/h6-9,16-18H,4-5,10-13H2,1-3H3/t16-,17+,18+/m0/s1. The van der Waals surface area contributed by atoms with Crippen molar-refractivity contribution in [1.29, 1.82) is 0 Å². The summed E-state index contributed by atoms with van der Waals surface area (Å²) in [5.74, 6) is 0.0919. The van der Waals surface area contributed by atoms with Crippen molar-refractivity contribution in [2.24, 2.45) is 0 Å². The summed E-state index contributed by atoms with van der Waals surface area (Å²) in [4.78, 5) is 17.0. The van der Waals surface area contributed by atoms with E-state index < -0.39 is 0 Å². The predicted molar refractivity (Wildman–Crippen MR) is 93.3 cm³/mol. The van der Waals surface area contributed by atoms with Gasteiger partial charge in [-0.1, -0.05) is 17.7 Å². The molecule has 0 saturated carbocycles. The van der Waals surface area contributed by atoms with E-state index in [1.807, 2.05) is 50.2 Å². The highest BCUT2D eigenvalue weighted by Gasteiger charge is 2.46. The maximum Gasteiger partial charge on any atom is 0.254 e. The number of hydrogen-bond acceptors (Lipinski definition) is 4. The molecule has 1 aromatic rings. The SMILES string of the molecule is Cc1ccc(C(=O)N2C[C@@H](OCCN(C)C)[C@@H]3OCCC[C@@H]32)cc1. The van der Waals surface area contributed by atoms with E-state index >= 15 is 0 Å². The van der Waals surface area contributed by atoms with Gasteiger partial charge in [-0.25, -0.2) is 0 Å². The molecule has 1 aromatic carbocycles. The minimum atomic E-state index is -0.0235. The van der Waals surface area contributed by atoms with Crippen LogP contribution in [0.25, 0.3) is 0 Å². The topological polar surface area (TPSA) is 42.0 Å². The van der Waals surface area contributed by atoms with Gasteiger partial charge >= 0.3 is 0 Å². The molecule has 0 radical (unpaired) electrons. The van der Waals surface area contributed by atoms with Crippen molar-refractivity contribution in [3.63, 3.8) is 0 Å². The monoisotopic (exact) mass is 332 g/mol. The number of benzene rings is 1. The first-order chi connectivity index (χ1) is 11.6. The van der Waals surface area contributed by atoms with Crippen molar-refractivity contribution in [3.05, 3.63) is 35.4 Å². The van der Waals surface area contributed by atoms with E-state index in [1.165, 1.54) is 0 Å². The summed E-state index contributed by atoms with van der Waals surface area (Å²) in [7, 11) is 4.07. The Hall–Kier alpha value is -1.43. The molecule has 5 nitrogen and oxygen atoms in total. The highest BCUT2D eigenvalue weighted by atomic mass is 16.5. The number of ether oxygens (including phenoxy) is 2. The van der Waals surface area contributed by atoms with Crippen molar-refractivity contribution in [2.45, 2.75) is 38.0 Å². The number of rotatable bonds is 5. The molecule has 0 unspecified atom stereocenters. The van der Waals surface area contributed by atoms with E-state index in [1.54, 1.807) is 0 Å². The molecule has 5 heteroatoms. The Bertz CT molecular complexity index is 558. The first-order valence-corrected chi connectivity index (χ1v) is 8.82. The van der Waals surface area contributed by atoms with Crippen LogP contribution in [0.5, 0.6) is 0 Å². The fourth-order valence-electron chi connectivity index (χ4n) is 3.54. The summed E-state index contributed by atoms with van der Waals surface area (Å²) in [6.45, 7) is 4.96. The molecule has 0 spiro atoms. The smallest absolute Gasteiger partial charge is 0.254 e. The van der Waals surface area contributed by atoms with E-state index in [2.05, 4.69) is 4.90 Å². The van der Waals surface area contributed by atoms with Crippen LogP contribution in [0.4, 0.5) is 0 Å². The molecule has 0 N–H and O–H groups in total. The average molecular weight is 332 g/mol. The zero-order valence-electron chi connectivity index (χ0n) is 14.9. The second-order valence-corrected chi connectivity index (χ2v) is 7.08. The number of carbonyl (C=O) groups is 1. The summed E-state index contributed by atoms with van der Waals surface area (Å²) >= 11 is 0. The third kappa shape index (κ3) is 3.79. The Kier molecular flexibility index (Phi) is 5.54. The lowest BCUT2D eigenvalue weighted by molar-refractivity contribution is -0.0776. The van der Waals surface area contributed by atoms with E-state index in [-0.39, 0.29) is 24.2 Å². The Morgan fingerprint density at radius 3 is 2.79 bits per heavy atom. The first-order valence-electron chi connectivity index (χ1n) is 8.82. The number of hydrogen-bond donors (Lipinski definition) is 0. The number of nitrogens with zero attached hydrogens (tertiary/aromatic N) is 2. The van der Waals surface area contributed by atoms with Gasteiger partial charge in [0.05, 0.1) is 19.2 Å². The lowest BCUT2D eigenvalue weighted by Crippen LogP contribution is -2.44. The molecule has 2 aliphatic rings. The normalized spacial score (nSPS) is 26.7. The van der Waals surface area contributed by atoms with Gasteiger partial charge in [0.25, 0.3) is 5.91 Å². The van der Waals surface area contributed by atoms with Gasteiger partial charge in [-0.05, 0) is 46.0 Å². The van der Waals surface area contributed by atoms with Crippen LogP contribution in [0.2, 0.25) is 0 Å². The van der Waals surface area contributed by atoms with Crippen LogP contribution in [0, 0.1) is 6.92 Å². The summed E-state index contributed by atoms with van der Waals surface area (Å²) in [6, 6.07) is 7.94. The largest absolute Gasteiger partial charge is 0.373 e. The molecule has 2 saturated heterocycles. The first kappa shape index (κ1) is 17.4. The Morgan fingerprint density at radius 1 is 1.33 bits per heavy atom. The minimum Gasteiger partial charge on any atom is -0.373 e. The third-order valence-electron chi connectivity index (χ3n) is 4.91. The van der Waals surface area contributed by atoms with Gasteiger partial charge in [0.2, 0.25) is 0 Å². The van der Waals surface area contributed by atoms with Crippen LogP contribution in [0.1, 0.15) is 28.8 Å².